The molecular formula is C11H9Cl2N. The van der Waals surface area contributed by atoms with Crippen LogP contribution in [0.3, 0.4) is 0 Å². The highest BCUT2D eigenvalue weighted by Gasteiger charge is 2.06. The summed E-state index contributed by atoms with van der Waals surface area (Å²) in [7, 11) is 0. The molecule has 0 atom stereocenters. The van der Waals surface area contributed by atoms with Crippen molar-refractivity contribution >= 4 is 34.1 Å². The van der Waals surface area contributed by atoms with Gasteiger partial charge in [-0.15, -0.1) is 0 Å². The maximum Gasteiger partial charge on any atom is 0.0906 e. The molecule has 0 aliphatic heterocycles. The van der Waals surface area contributed by atoms with Gasteiger partial charge in [-0.1, -0.05) is 23.2 Å². The number of rotatable bonds is 0. The lowest BCUT2D eigenvalue weighted by molar-refractivity contribution is 1.25. The van der Waals surface area contributed by atoms with Crippen molar-refractivity contribution in [1.82, 2.24) is 4.98 Å². The van der Waals surface area contributed by atoms with Crippen LogP contribution in [0.5, 0.6) is 0 Å². The molecule has 3 heteroatoms. The Labute approximate surface area is 92.7 Å². The van der Waals surface area contributed by atoms with E-state index < -0.39 is 0 Å². The van der Waals surface area contributed by atoms with Crippen LogP contribution in [0.15, 0.2) is 18.2 Å². The topological polar surface area (TPSA) is 12.9 Å². The normalized spacial score (nSPS) is 10.9. The zero-order valence-corrected chi connectivity index (χ0v) is 9.45. The van der Waals surface area contributed by atoms with E-state index in [4.69, 9.17) is 23.2 Å². The van der Waals surface area contributed by atoms with E-state index in [1.165, 1.54) is 0 Å². The second-order valence-electron chi connectivity index (χ2n) is 3.39. The molecule has 0 aliphatic rings. The number of hydrogen-bond donors (Lipinski definition) is 0. The minimum atomic E-state index is 0.658. The van der Waals surface area contributed by atoms with Crippen LogP contribution in [0.4, 0.5) is 0 Å². The first-order valence-corrected chi connectivity index (χ1v) is 5.06. The molecule has 0 aliphatic carbocycles. The summed E-state index contributed by atoms with van der Waals surface area (Å²) in [6, 6.07) is 5.74. The molecular weight excluding hydrogens is 217 g/mol. The summed E-state index contributed by atoms with van der Waals surface area (Å²) in [5, 5.41) is 2.28. The van der Waals surface area contributed by atoms with Crippen molar-refractivity contribution in [2.75, 3.05) is 0 Å². The van der Waals surface area contributed by atoms with Gasteiger partial charge in [-0.3, -0.25) is 4.98 Å². The monoisotopic (exact) mass is 225 g/mol. The summed E-state index contributed by atoms with van der Waals surface area (Å²) >= 11 is 12.2. The van der Waals surface area contributed by atoms with Crippen LogP contribution in [0.1, 0.15) is 11.3 Å². The van der Waals surface area contributed by atoms with E-state index in [1.807, 2.05) is 32.0 Å². The second-order valence-corrected chi connectivity index (χ2v) is 4.20. The van der Waals surface area contributed by atoms with Crippen molar-refractivity contribution in [3.05, 3.63) is 39.5 Å². The van der Waals surface area contributed by atoms with Gasteiger partial charge in [0.1, 0.15) is 0 Å². The molecule has 2 rings (SSSR count). The Bertz CT molecular complexity index is 459. The zero-order valence-electron chi connectivity index (χ0n) is 7.94. The number of nitrogens with zero attached hydrogens (tertiary/aromatic N) is 1. The first-order valence-electron chi connectivity index (χ1n) is 4.31. The fourth-order valence-electron chi connectivity index (χ4n) is 1.50. The minimum absolute atomic E-state index is 0.658. The van der Waals surface area contributed by atoms with Crippen LogP contribution in [-0.2, 0) is 0 Å². The van der Waals surface area contributed by atoms with E-state index in [1.54, 1.807) is 0 Å². The van der Waals surface area contributed by atoms with Crippen molar-refractivity contribution in [3.8, 4) is 0 Å². The lowest BCUT2D eigenvalue weighted by atomic mass is 10.1. The Morgan fingerprint density at radius 3 is 2.43 bits per heavy atom. The highest BCUT2D eigenvalue weighted by Crippen LogP contribution is 2.29. The molecule has 0 N–H and O–H groups in total. The Balaban J connectivity index is 2.94. The molecule has 0 saturated carbocycles. The van der Waals surface area contributed by atoms with Crippen LogP contribution < -0.4 is 0 Å². The van der Waals surface area contributed by atoms with Crippen molar-refractivity contribution in [2.24, 2.45) is 0 Å². The van der Waals surface area contributed by atoms with Crippen LogP contribution in [0.25, 0.3) is 10.9 Å². The molecule has 0 bridgehead atoms. The van der Waals surface area contributed by atoms with E-state index in [0.717, 1.165) is 22.2 Å². The highest BCUT2D eigenvalue weighted by molar-refractivity contribution is 6.39. The van der Waals surface area contributed by atoms with Gasteiger partial charge in [0.2, 0.25) is 0 Å². The molecule has 2 aromatic rings. The zero-order chi connectivity index (χ0) is 10.3. The lowest BCUT2D eigenvalue weighted by Crippen LogP contribution is -1.87. The van der Waals surface area contributed by atoms with Gasteiger partial charge in [-0.25, -0.2) is 0 Å². The SMILES string of the molecule is Cc1cc(Cl)c2nc(C)cc(Cl)c2c1. The molecule has 0 spiro atoms. The van der Waals surface area contributed by atoms with Gasteiger partial charge in [0.25, 0.3) is 0 Å². The summed E-state index contributed by atoms with van der Waals surface area (Å²) in [4.78, 5) is 4.36. The number of aromatic nitrogens is 1. The first-order chi connectivity index (χ1) is 6.58. The standard InChI is InChI=1S/C11H9Cl2N/c1-6-3-8-9(12)5-7(2)14-11(8)10(13)4-6/h3-5H,1-2H3. The summed E-state index contributed by atoms with van der Waals surface area (Å²) in [6.45, 7) is 3.89. The molecule has 1 nitrogen and oxygen atoms in total. The molecule has 1 heterocycles. The van der Waals surface area contributed by atoms with Gasteiger partial charge in [0.05, 0.1) is 15.6 Å². The number of pyridine rings is 1. The lowest BCUT2D eigenvalue weighted by Gasteiger charge is -2.05. The summed E-state index contributed by atoms with van der Waals surface area (Å²) in [5.74, 6) is 0. The third-order valence-corrected chi connectivity index (χ3v) is 2.69. The van der Waals surface area contributed by atoms with Crippen molar-refractivity contribution < 1.29 is 0 Å². The van der Waals surface area contributed by atoms with Gasteiger partial charge in [0, 0.05) is 11.1 Å². The predicted octanol–water partition coefficient (Wildman–Crippen LogP) is 4.16. The number of hydrogen-bond acceptors (Lipinski definition) is 1. The van der Waals surface area contributed by atoms with E-state index >= 15 is 0 Å². The fraction of sp³-hybridized carbons (Fsp3) is 0.182. The Morgan fingerprint density at radius 1 is 1.00 bits per heavy atom. The van der Waals surface area contributed by atoms with Crippen molar-refractivity contribution in [2.45, 2.75) is 13.8 Å². The number of fused-ring (bicyclic) bond motifs is 1. The van der Waals surface area contributed by atoms with Crippen LogP contribution in [0, 0.1) is 13.8 Å². The number of benzene rings is 1. The summed E-state index contributed by atoms with van der Waals surface area (Å²) in [5.41, 5.74) is 2.76. The number of halogens is 2. The molecule has 0 fully saturated rings. The van der Waals surface area contributed by atoms with E-state index in [2.05, 4.69) is 4.98 Å². The summed E-state index contributed by atoms with van der Waals surface area (Å²) in [6.07, 6.45) is 0. The van der Waals surface area contributed by atoms with E-state index in [-0.39, 0.29) is 0 Å². The minimum Gasteiger partial charge on any atom is -0.251 e. The average Bonchev–Trinajstić information content (AvgIpc) is 2.07. The molecule has 14 heavy (non-hydrogen) atoms. The quantitative estimate of drug-likeness (QED) is 0.657. The van der Waals surface area contributed by atoms with E-state index in [9.17, 15) is 0 Å². The van der Waals surface area contributed by atoms with Gasteiger partial charge in [-0.05, 0) is 37.6 Å². The third-order valence-electron chi connectivity index (χ3n) is 2.09. The predicted molar refractivity (Wildman–Crippen MR) is 61.2 cm³/mol. The Morgan fingerprint density at radius 2 is 1.71 bits per heavy atom. The molecule has 0 amide bonds. The maximum absolute atomic E-state index is 6.11. The van der Waals surface area contributed by atoms with E-state index in [0.29, 0.717) is 10.0 Å². The first kappa shape index (κ1) is 9.75. The van der Waals surface area contributed by atoms with Gasteiger partial charge >= 0.3 is 0 Å². The average molecular weight is 226 g/mol. The van der Waals surface area contributed by atoms with Gasteiger partial charge in [-0.2, -0.15) is 0 Å². The van der Waals surface area contributed by atoms with Crippen molar-refractivity contribution in [3.63, 3.8) is 0 Å². The smallest absolute Gasteiger partial charge is 0.0906 e. The van der Waals surface area contributed by atoms with Gasteiger partial charge in [0.15, 0.2) is 0 Å². The van der Waals surface area contributed by atoms with Gasteiger partial charge < -0.3 is 0 Å². The van der Waals surface area contributed by atoms with Crippen LogP contribution >= 0.6 is 23.2 Å². The molecule has 0 saturated heterocycles. The molecule has 0 unspecified atom stereocenters. The number of aryl methyl sites for hydroxylation is 2. The molecule has 72 valence electrons. The Kier molecular flexibility index (Phi) is 2.38. The maximum atomic E-state index is 6.11. The third kappa shape index (κ3) is 1.58. The fourth-order valence-corrected chi connectivity index (χ4v) is 2.12. The Hall–Kier alpha value is -0.790. The second kappa shape index (κ2) is 3.41. The summed E-state index contributed by atoms with van der Waals surface area (Å²) < 4.78 is 0. The van der Waals surface area contributed by atoms with Crippen molar-refractivity contribution in [1.29, 1.82) is 0 Å². The largest absolute Gasteiger partial charge is 0.251 e. The molecule has 1 aromatic carbocycles. The molecule has 1 aromatic heterocycles. The molecule has 0 radical (unpaired) electrons. The van der Waals surface area contributed by atoms with Crippen LogP contribution in [-0.4, -0.2) is 4.98 Å². The van der Waals surface area contributed by atoms with Crippen LogP contribution in [0.2, 0.25) is 10.0 Å². The highest BCUT2D eigenvalue weighted by atomic mass is 35.5.